The minimum atomic E-state index is -0.146. The Bertz CT molecular complexity index is 560. The van der Waals surface area contributed by atoms with E-state index in [9.17, 15) is 0 Å². The predicted molar refractivity (Wildman–Crippen MR) is 86.2 cm³/mol. The Morgan fingerprint density at radius 3 is 2.14 bits per heavy atom. The summed E-state index contributed by atoms with van der Waals surface area (Å²) in [5, 5.41) is 0. The fourth-order valence-corrected chi connectivity index (χ4v) is 3.04. The lowest BCUT2D eigenvalue weighted by atomic mass is 9.79. The van der Waals surface area contributed by atoms with Gasteiger partial charge in [0.1, 0.15) is 6.10 Å². The van der Waals surface area contributed by atoms with E-state index < -0.39 is 0 Å². The summed E-state index contributed by atoms with van der Waals surface area (Å²) in [6.45, 7) is 0. The van der Waals surface area contributed by atoms with Gasteiger partial charge in [0, 0.05) is 7.11 Å². The quantitative estimate of drug-likeness (QED) is 0.884. The van der Waals surface area contributed by atoms with E-state index in [1.165, 1.54) is 24.8 Å². The highest BCUT2D eigenvalue weighted by Gasteiger charge is 2.22. The Balaban J connectivity index is 1.78. The van der Waals surface area contributed by atoms with Gasteiger partial charge in [0.15, 0.2) is 0 Å². The summed E-state index contributed by atoms with van der Waals surface area (Å²) in [6, 6.07) is 18.8. The molecular weight excluding hydrogens is 258 g/mol. The van der Waals surface area contributed by atoms with Crippen molar-refractivity contribution in [3.8, 4) is 0 Å². The van der Waals surface area contributed by atoms with Crippen molar-refractivity contribution in [1.29, 1.82) is 0 Å². The molecular formula is C19H23NO. The molecule has 0 aromatic heterocycles. The molecule has 21 heavy (non-hydrogen) atoms. The molecule has 1 fully saturated rings. The van der Waals surface area contributed by atoms with Crippen LogP contribution in [0.4, 0.5) is 0 Å². The van der Waals surface area contributed by atoms with Gasteiger partial charge in [-0.3, -0.25) is 0 Å². The van der Waals surface area contributed by atoms with Gasteiger partial charge in [0.25, 0.3) is 0 Å². The minimum absolute atomic E-state index is 0.110. The van der Waals surface area contributed by atoms with E-state index >= 15 is 0 Å². The van der Waals surface area contributed by atoms with Crippen LogP contribution in [0.5, 0.6) is 0 Å². The fourth-order valence-electron chi connectivity index (χ4n) is 3.04. The van der Waals surface area contributed by atoms with Crippen LogP contribution in [0.15, 0.2) is 54.6 Å². The van der Waals surface area contributed by atoms with Crippen LogP contribution in [-0.4, -0.2) is 7.11 Å². The van der Waals surface area contributed by atoms with Crippen LogP contribution in [0, 0.1) is 0 Å². The van der Waals surface area contributed by atoms with Gasteiger partial charge in [-0.25, -0.2) is 0 Å². The second-order valence-corrected chi connectivity index (χ2v) is 5.89. The number of rotatable bonds is 5. The van der Waals surface area contributed by atoms with E-state index in [4.69, 9.17) is 10.5 Å². The van der Waals surface area contributed by atoms with Gasteiger partial charge < -0.3 is 10.5 Å². The Morgan fingerprint density at radius 2 is 1.62 bits per heavy atom. The van der Waals surface area contributed by atoms with Crippen LogP contribution >= 0.6 is 0 Å². The van der Waals surface area contributed by atoms with Crippen molar-refractivity contribution in [3.63, 3.8) is 0 Å². The van der Waals surface area contributed by atoms with Gasteiger partial charge in [0.05, 0.1) is 6.04 Å². The number of nitrogens with two attached hydrogens (primary N) is 1. The summed E-state index contributed by atoms with van der Waals surface area (Å²) in [5.74, 6) is 0.766. The van der Waals surface area contributed by atoms with Crippen molar-refractivity contribution < 1.29 is 4.74 Å². The lowest BCUT2D eigenvalue weighted by molar-refractivity contribution is 0.0802. The topological polar surface area (TPSA) is 35.2 Å². The number of benzene rings is 2. The zero-order chi connectivity index (χ0) is 14.7. The molecule has 3 rings (SSSR count). The van der Waals surface area contributed by atoms with Crippen LogP contribution in [0.25, 0.3) is 0 Å². The molecule has 2 N–H and O–H groups in total. The number of hydrogen-bond acceptors (Lipinski definition) is 2. The zero-order valence-corrected chi connectivity index (χ0v) is 12.5. The summed E-state index contributed by atoms with van der Waals surface area (Å²) < 4.78 is 5.64. The van der Waals surface area contributed by atoms with Crippen molar-refractivity contribution in [1.82, 2.24) is 0 Å². The first-order chi connectivity index (χ1) is 10.3. The second-order valence-electron chi connectivity index (χ2n) is 5.89. The maximum Gasteiger partial charge on any atom is 0.101 e. The molecule has 0 amide bonds. The van der Waals surface area contributed by atoms with Crippen LogP contribution in [-0.2, 0) is 4.74 Å². The Hall–Kier alpha value is -1.64. The minimum Gasteiger partial charge on any atom is -0.375 e. The highest BCUT2D eigenvalue weighted by atomic mass is 16.5. The van der Waals surface area contributed by atoms with Crippen LogP contribution < -0.4 is 5.73 Å². The maximum absolute atomic E-state index is 6.43. The van der Waals surface area contributed by atoms with Crippen molar-refractivity contribution in [2.24, 2.45) is 5.73 Å². The van der Waals surface area contributed by atoms with E-state index in [-0.39, 0.29) is 12.1 Å². The molecule has 2 atom stereocenters. The predicted octanol–water partition coefficient (Wildman–Crippen LogP) is 4.34. The molecule has 2 unspecified atom stereocenters. The molecule has 0 bridgehead atoms. The van der Waals surface area contributed by atoms with Crippen molar-refractivity contribution in [2.75, 3.05) is 7.11 Å². The summed E-state index contributed by atoms with van der Waals surface area (Å²) >= 11 is 0. The molecule has 1 aliphatic rings. The lowest BCUT2D eigenvalue weighted by Crippen LogP contribution is -2.21. The molecule has 2 heteroatoms. The third kappa shape index (κ3) is 3.02. The molecule has 0 saturated heterocycles. The van der Waals surface area contributed by atoms with E-state index in [1.807, 2.05) is 18.2 Å². The first kappa shape index (κ1) is 14.3. The number of ether oxygens (including phenoxy) is 1. The molecule has 110 valence electrons. The molecule has 2 aromatic carbocycles. The SMILES string of the molecule is COC(c1ccccc1)C(N)c1ccc(C2CCC2)cc1. The van der Waals surface area contributed by atoms with Gasteiger partial charge in [-0.2, -0.15) is 0 Å². The molecule has 2 aromatic rings. The summed E-state index contributed by atoms with van der Waals surface area (Å²) in [4.78, 5) is 0. The van der Waals surface area contributed by atoms with Gasteiger partial charge in [-0.15, -0.1) is 0 Å². The van der Waals surface area contributed by atoms with E-state index in [1.54, 1.807) is 7.11 Å². The normalized spacial score (nSPS) is 18.0. The average molecular weight is 281 g/mol. The average Bonchev–Trinajstić information content (AvgIpc) is 2.48. The number of hydrogen-bond donors (Lipinski definition) is 1. The molecule has 0 radical (unpaired) electrons. The third-order valence-corrected chi connectivity index (χ3v) is 4.61. The van der Waals surface area contributed by atoms with E-state index in [0.717, 1.165) is 17.0 Å². The van der Waals surface area contributed by atoms with Crippen LogP contribution in [0.3, 0.4) is 0 Å². The van der Waals surface area contributed by atoms with E-state index in [2.05, 4.69) is 36.4 Å². The lowest BCUT2D eigenvalue weighted by Gasteiger charge is -2.27. The first-order valence-electron chi connectivity index (χ1n) is 7.73. The molecule has 0 spiro atoms. The van der Waals surface area contributed by atoms with Gasteiger partial charge in [-0.1, -0.05) is 61.0 Å². The second kappa shape index (κ2) is 6.42. The molecule has 1 aliphatic carbocycles. The molecule has 0 heterocycles. The van der Waals surface area contributed by atoms with Crippen LogP contribution in [0.2, 0.25) is 0 Å². The number of methoxy groups -OCH3 is 1. The van der Waals surface area contributed by atoms with Crippen molar-refractivity contribution in [2.45, 2.75) is 37.3 Å². The zero-order valence-electron chi connectivity index (χ0n) is 12.5. The fraction of sp³-hybridized carbons (Fsp3) is 0.368. The van der Waals surface area contributed by atoms with E-state index in [0.29, 0.717) is 0 Å². The standard InChI is InChI=1S/C19H23NO/c1-21-19(17-6-3-2-4-7-17)18(20)16-12-10-15(11-13-16)14-8-5-9-14/h2-4,6-7,10-14,18-19H,5,8-9,20H2,1H3. The highest BCUT2D eigenvalue weighted by molar-refractivity contribution is 5.31. The van der Waals surface area contributed by atoms with Gasteiger partial charge in [0.2, 0.25) is 0 Å². The van der Waals surface area contributed by atoms with Gasteiger partial charge >= 0.3 is 0 Å². The van der Waals surface area contributed by atoms with Gasteiger partial charge in [-0.05, 0) is 35.4 Å². The monoisotopic (exact) mass is 281 g/mol. The smallest absolute Gasteiger partial charge is 0.101 e. The summed E-state index contributed by atoms with van der Waals surface area (Å²) in [5.41, 5.74) is 10.1. The van der Waals surface area contributed by atoms with Crippen molar-refractivity contribution in [3.05, 3.63) is 71.3 Å². The molecule has 0 aliphatic heterocycles. The Labute approximate surface area is 126 Å². The Kier molecular flexibility index (Phi) is 4.37. The third-order valence-electron chi connectivity index (χ3n) is 4.61. The summed E-state index contributed by atoms with van der Waals surface area (Å²) in [6.07, 6.45) is 3.92. The molecule has 2 nitrogen and oxygen atoms in total. The largest absolute Gasteiger partial charge is 0.375 e. The first-order valence-corrected chi connectivity index (χ1v) is 7.73. The Morgan fingerprint density at radius 1 is 0.952 bits per heavy atom. The highest BCUT2D eigenvalue weighted by Crippen LogP contribution is 2.37. The molecule has 1 saturated carbocycles. The maximum atomic E-state index is 6.43. The van der Waals surface area contributed by atoms with Crippen molar-refractivity contribution >= 4 is 0 Å². The van der Waals surface area contributed by atoms with Crippen LogP contribution in [0.1, 0.15) is 54.0 Å². The summed E-state index contributed by atoms with van der Waals surface area (Å²) in [7, 11) is 1.72.